The third kappa shape index (κ3) is 4.70. The molecule has 6 nitrogen and oxygen atoms in total. The van der Waals surface area contributed by atoms with Gasteiger partial charge in [-0.1, -0.05) is 36.4 Å². The van der Waals surface area contributed by atoms with Gasteiger partial charge in [0.05, 0.1) is 11.4 Å². The van der Waals surface area contributed by atoms with Gasteiger partial charge in [-0.15, -0.1) is 0 Å². The highest BCUT2D eigenvalue weighted by Gasteiger charge is 2.48. The molecule has 2 atom stereocenters. The molecule has 3 fully saturated rings. The zero-order chi connectivity index (χ0) is 24.8. The molecule has 184 valence electrons. The van der Waals surface area contributed by atoms with E-state index < -0.39 is 40.0 Å². The molecule has 0 saturated carbocycles. The molecule has 3 aliphatic heterocycles. The van der Waals surface area contributed by atoms with Crippen molar-refractivity contribution in [3.8, 4) is 0 Å². The largest absolute Gasteiger partial charge is 0.407 e. The molecule has 2 bridgehead atoms. The van der Waals surface area contributed by atoms with Gasteiger partial charge in [0.1, 0.15) is 12.2 Å². The Morgan fingerprint density at radius 2 is 1.71 bits per heavy atom. The Kier molecular flexibility index (Phi) is 6.26. The molecule has 3 aliphatic rings. The highest BCUT2D eigenvalue weighted by atomic mass is 32.2. The Labute approximate surface area is 195 Å². The molecule has 5 rings (SSSR count). The minimum atomic E-state index is -4.90. The summed E-state index contributed by atoms with van der Waals surface area (Å²) in [5.74, 6) is -1.83. The number of benzene rings is 2. The molecular weight excluding hydrogens is 474 g/mol. The number of halogens is 4. The molecule has 3 heterocycles. The number of carbonyl (C=O) groups is 1. The molecule has 2 aromatic rings. The number of amides is 1. The van der Waals surface area contributed by atoms with Crippen molar-refractivity contribution in [3.05, 3.63) is 59.4 Å². The van der Waals surface area contributed by atoms with Gasteiger partial charge in [-0.25, -0.2) is 12.8 Å². The van der Waals surface area contributed by atoms with Gasteiger partial charge in [-0.3, -0.25) is 9.10 Å². The molecule has 34 heavy (non-hydrogen) atoms. The van der Waals surface area contributed by atoms with Crippen LogP contribution in [0.1, 0.15) is 24.5 Å². The Morgan fingerprint density at radius 1 is 1.09 bits per heavy atom. The SMILES string of the molecule is CC(=O)N1C[C@H]2C[C@@H](C1)N2c1ccc(C)c(F)c1N(CC(F)(F)F)S(=O)(=O)Cc1ccccc1. The van der Waals surface area contributed by atoms with Crippen molar-refractivity contribution in [3.63, 3.8) is 0 Å². The van der Waals surface area contributed by atoms with Crippen LogP contribution >= 0.6 is 0 Å². The molecule has 1 amide bonds. The number of piperazine rings is 1. The summed E-state index contributed by atoms with van der Waals surface area (Å²) in [6, 6.07) is 10.3. The number of anilines is 2. The van der Waals surface area contributed by atoms with Crippen LogP contribution in [0.3, 0.4) is 0 Å². The first-order valence-corrected chi connectivity index (χ1v) is 12.4. The molecule has 0 spiro atoms. The Balaban J connectivity index is 1.79. The van der Waals surface area contributed by atoms with E-state index in [1.165, 1.54) is 38.1 Å². The lowest BCUT2D eigenvalue weighted by molar-refractivity contribution is -0.131. The highest BCUT2D eigenvalue weighted by molar-refractivity contribution is 7.92. The fourth-order valence-electron chi connectivity index (χ4n) is 4.70. The molecule has 0 unspecified atom stereocenters. The van der Waals surface area contributed by atoms with E-state index in [0.717, 1.165) is 0 Å². The Bertz CT molecular complexity index is 1180. The fourth-order valence-corrected chi connectivity index (χ4v) is 6.27. The van der Waals surface area contributed by atoms with Crippen LogP contribution < -0.4 is 9.21 Å². The summed E-state index contributed by atoms with van der Waals surface area (Å²) in [4.78, 5) is 15.2. The zero-order valence-electron chi connectivity index (χ0n) is 18.7. The fraction of sp³-hybridized carbons (Fsp3) is 0.435. The van der Waals surface area contributed by atoms with E-state index in [1.54, 1.807) is 28.0 Å². The van der Waals surface area contributed by atoms with Gasteiger partial charge in [0.15, 0.2) is 5.82 Å². The second kappa shape index (κ2) is 8.75. The first-order chi connectivity index (χ1) is 15.9. The van der Waals surface area contributed by atoms with E-state index in [9.17, 15) is 26.4 Å². The molecule has 2 aromatic carbocycles. The van der Waals surface area contributed by atoms with Crippen LogP contribution in [0.25, 0.3) is 0 Å². The molecular formula is C23H25F4N3O3S. The van der Waals surface area contributed by atoms with Gasteiger partial charge in [0, 0.05) is 32.1 Å². The molecule has 3 saturated heterocycles. The van der Waals surface area contributed by atoms with E-state index in [4.69, 9.17) is 0 Å². The average Bonchev–Trinajstić information content (AvgIpc) is 2.75. The predicted molar refractivity (Wildman–Crippen MR) is 121 cm³/mol. The van der Waals surface area contributed by atoms with Crippen molar-refractivity contribution < 1.29 is 30.8 Å². The molecule has 0 N–H and O–H groups in total. The van der Waals surface area contributed by atoms with Gasteiger partial charge in [0.2, 0.25) is 15.9 Å². The summed E-state index contributed by atoms with van der Waals surface area (Å²) >= 11 is 0. The summed E-state index contributed by atoms with van der Waals surface area (Å²) in [6.07, 6.45) is -4.21. The van der Waals surface area contributed by atoms with Gasteiger partial charge < -0.3 is 9.80 Å². The van der Waals surface area contributed by atoms with Crippen LogP contribution in [0.2, 0.25) is 0 Å². The summed E-state index contributed by atoms with van der Waals surface area (Å²) in [5.41, 5.74) is -0.174. The summed E-state index contributed by atoms with van der Waals surface area (Å²) in [7, 11) is -4.61. The highest BCUT2D eigenvalue weighted by Crippen LogP contribution is 2.45. The second-order valence-electron chi connectivity index (χ2n) is 8.80. The van der Waals surface area contributed by atoms with Gasteiger partial charge in [0.25, 0.3) is 0 Å². The summed E-state index contributed by atoms with van der Waals surface area (Å²) in [5, 5.41) is 0. The van der Waals surface area contributed by atoms with E-state index in [0.29, 0.717) is 25.1 Å². The lowest BCUT2D eigenvalue weighted by atomic mass is 9.86. The van der Waals surface area contributed by atoms with Crippen LogP contribution in [-0.4, -0.2) is 57.1 Å². The quantitative estimate of drug-likeness (QED) is 0.567. The number of piperidine rings is 1. The minimum Gasteiger partial charge on any atom is -0.360 e. The minimum absolute atomic E-state index is 0.0388. The number of rotatable bonds is 6. The maximum absolute atomic E-state index is 15.5. The summed E-state index contributed by atoms with van der Waals surface area (Å²) < 4.78 is 83.1. The van der Waals surface area contributed by atoms with Crippen LogP contribution in [-0.2, 0) is 20.6 Å². The predicted octanol–water partition coefficient (Wildman–Crippen LogP) is 3.84. The number of hydrogen-bond acceptors (Lipinski definition) is 4. The number of hydrogen-bond donors (Lipinski definition) is 0. The molecule has 0 radical (unpaired) electrons. The standard InChI is InChI=1S/C23H25F4N3O3S/c1-15-8-9-20(30-18-10-19(30)12-28(11-18)16(2)31)22(21(15)24)29(14-23(25,26)27)34(32,33)13-17-6-4-3-5-7-17/h3-9,18-19H,10-14H2,1-2H3/t18-,19+. The number of sulfonamides is 1. The summed E-state index contributed by atoms with van der Waals surface area (Å²) in [6.45, 7) is 1.66. The zero-order valence-corrected chi connectivity index (χ0v) is 19.5. The number of carbonyl (C=O) groups excluding carboxylic acids is 1. The monoisotopic (exact) mass is 499 g/mol. The lowest BCUT2D eigenvalue weighted by Crippen LogP contribution is -2.69. The van der Waals surface area contributed by atoms with E-state index >= 15 is 4.39 Å². The van der Waals surface area contributed by atoms with Crippen LogP contribution in [0.4, 0.5) is 28.9 Å². The normalized spacial score (nSPS) is 20.2. The number of aryl methyl sites for hydroxylation is 1. The number of fused-ring (bicyclic) bond motifs is 2. The van der Waals surface area contributed by atoms with Crippen LogP contribution in [0, 0.1) is 12.7 Å². The topological polar surface area (TPSA) is 60.9 Å². The molecule has 0 aromatic heterocycles. The van der Waals surface area contributed by atoms with Crippen molar-refractivity contribution in [2.45, 2.75) is 44.3 Å². The van der Waals surface area contributed by atoms with E-state index in [2.05, 4.69) is 0 Å². The first kappa shape index (κ1) is 24.3. The van der Waals surface area contributed by atoms with Gasteiger partial charge >= 0.3 is 6.18 Å². The van der Waals surface area contributed by atoms with Crippen molar-refractivity contribution in [2.24, 2.45) is 0 Å². The van der Waals surface area contributed by atoms with Crippen molar-refractivity contribution in [1.29, 1.82) is 0 Å². The van der Waals surface area contributed by atoms with Crippen molar-refractivity contribution >= 4 is 27.3 Å². The van der Waals surface area contributed by atoms with Crippen molar-refractivity contribution in [2.75, 3.05) is 28.8 Å². The van der Waals surface area contributed by atoms with Crippen molar-refractivity contribution in [1.82, 2.24) is 4.90 Å². The Morgan fingerprint density at radius 3 is 2.26 bits per heavy atom. The number of alkyl halides is 3. The second-order valence-corrected chi connectivity index (χ2v) is 10.7. The lowest BCUT2D eigenvalue weighted by Gasteiger charge is -2.58. The number of nitrogens with zero attached hydrogens (tertiary/aromatic N) is 3. The van der Waals surface area contributed by atoms with Crippen LogP contribution in [0.5, 0.6) is 0 Å². The first-order valence-electron chi connectivity index (χ1n) is 10.8. The third-order valence-corrected chi connectivity index (χ3v) is 7.99. The average molecular weight is 500 g/mol. The van der Waals surface area contributed by atoms with Gasteiger partial charge in [-0.2, -0.15) is 13.2 Å². The maximum Gasteiger partial charge on any atom is 0.407 e. The van der Waals surface area contributed by atoms with Gasteiger partial charge in [-0.05, 0) is 30.5 Å². The van der Waals surface area contributed by atoms with E-state index in [-0.39, 0.29) is 33.5 Å². The smallest absolute Gasteiger partial charge is 0.360 e. The van der Waals surface area contributed by atoms with E-state index in [1.807, 2.05) is 0 Å². The third-order valence-electron chi connectivity index (χ3n) is 6.30. The molecule has 11 heteroatoms. The molecule has 0 aliphatic carbocycles. The Hall–Kier alpha value is -2.82. The van der Waals surface area contributed by atoms with Crippen LogP contribution in [0.15, 0.2) is 42.5 Å². The maximum atomic E-state index is 15.5.